The second kappa shape index (κ2) is 9.92. The molecule has 4 rings (SSSR count). The van der Waals surface area contributed by atoms with Gasteiger partial charge in [0, 0.05) is 24.0 Å². The van der Waals surface area contributed by atoms with Crippen LogP contribution in [0.3, 0.4) is 0 Å². The molecule has 0 saturated heterocycles. The molecule has 0 aliphatic heterocycles. The third kappa shape index (κ3) is 4.93. The van der Waals surface area contributed by atoms with E-state index in [2.05, 4.69) is 72.1 Å². The second-order valence-electron chi connectivity index (χ2n) is 7.52. The number of carboxylic acid groups (broad SMARTS) is 1. The van der Waals surface area contributed by atoms with Crippen LogP contribution in [0.2, 0.25) is 0 Å². The van der Waals surface area contributed by atoms with Crippen molar-refractivity contribution in [3.8, 4) is 0 Å². The largest absolute Gasteiger partial charge is 0.464 e. The Morgan fingerprint density at radius 2 is 1.58 bits per heavy atom. The Labute approximate surface area is 182 Å². The molecule has 0 atom stereocenters. The zero-order valence-electron chi connectivity index (χ0n) is 17.3. The summed E-state index contributed by atoms with van der Waals surface area (Å²) in [5, 5.41) is 13.7. The van der Waals surface area contributed by atoms with Gasteiger partial charge in [-0.1, -0.05) is 84.9 Å². The normalized spacial score (nSPS) is 11.5. The van der Waals surface area contributed by atoms with Crippen LogP contribution < -0.4 is 5.32 Å². The maximum Gasteiger partial charge on any atom is 0.415 e. The first-order valence-electron chi connectivity index (χ1n) is 10.5. The first-order chi connectivity index (χ1) is 15.2. The van der Waals surface area contributed by atoms with Crippen molar-refractivity contribution in [1.29, 1.82) is 0 Å². The topological polar surface area (TPSA) is 54.3 Å². The lowest BCUT2D eigenvalue weighted by Crippen LogP contribution is -2.18. The number of carbonyl (C=O) groups is 1. The van der Waals surface area contributed by atoms with E-state index in [0.29, 0.717) is 11.4 Å². The molecule has 1 aromatic heterocycles. The molecule has 4 aromatic rings. The van der Waals surface area contributed by atoms with E-state index in [1.54, 1.807) is 6.20 Å². The second-order valence-corrected chi connectivity index (χ2v) is 7.52. The van der Waals surface area contributed by atoms with Crippen molar-refractivity contribution in [2.75, 3.05) is 13.1 Å². The molecule has 0 bridgehead atoms. The Morgan fingerprint density at radius 1 is 0.903 bits per heavy atom. The predicted molar refractivity (Wildman–Crippen MR) is 127 cm³/mol. The molecule has 31 heavy (non-hydrogen) atoms. The van der Waals surface area contributed by atoms with E-state index in [4.69, 9.17) is 0 Å². The molecule has 0 spiro atoms. The van der Waals surface area contributed by atoms with Gasteiger partial charge in [-0.25, -0.2) is 4.79 Å². The summed E-state index contributed by atoms with van der Waals surface area (Å²) in [6.07, 6.45) is 5.78. The van der Waals surface area contributed by atoms with Crippen LogP contribution in [0, 0.1) is 0 Å². The van der Waals surface area contributed by atoms with Crippen molar-refractivity contribution in [2.45, 2.75) is 12.3 Å². The summed E-state index contributed by atoms with van der Waals surface area (Å²) in [5.41, 5.74) is 4.39. The lowest BCUT2D eigenvalue weighted by Gasteiger charge is -2.18. The summed E-state index contributed by atoms with van der Waals surface area (Å²) in [6.45, 7) is 1.66. The number of aromatic nitrogens is 1. The first-order valence-corrected chi connectivity index (χ1v) is 10.5. The fourth-order valence-corrected chi connectivity index (χ4v) is 4.02. The molecule has 1 heterocycles. The van der Waals surface area contributed by atoms with Crippen LogP contribution in [0.25, 0.3) is 17.0 Å². The van der Waals surface area contributed by atoms with Crippen LogP contribution in [0.15, 0.2) is 97.2 Å². The monoisotopic (exact) mass is 410 g/mol. The van der Waals surface area contributed by atoms with Gasteiger partial charge in [0.1, 0.15) is 0 Å². The minimum Gasteiger partial charge on any atom is -0.464 e. The van der Waals surface area contributed by atoms with Gasteiger partial charge < -0.3 is 10.4 Å². The summed E-state index contributed by atoms with van der Waals surface area (Å²) < 4.78 is 1.25. The molecule has 0 amide bonds. The zero-order valence-corrected chi connectivity index (χ0v) is 17.3. The van der Waals surface area contributed by atoms with E-state index < -0.39 is 6.09 Å². The highest BCUT2D eigenvalue weighted by atomic mass is 16.4. The summed E-state index contributed by atoms with van der Waals surface area (Å²) in [5.74, 6) is 0.364. The van der Waals surface area contributed by atoms with Crippen LogP contribution in [0.4, 0.5) is 4.79 Å². The van der Waals surface area contributed by atoms with E-state index in [1.165, 1.54) is 15.7 Å². The number of fused-ring (bicyclic) bond motifs is 1. The fraction of sp³-hybridized carbons (Fsp3) is 0.148. The van der Waals surface area contributed by atoms with Crippen molar-refractivity contribution in [1.82, 2.24) is 9.88 Å². The molecular weight excluding hydrogens is 384 g/mol. The summed E-state index contributed by atoms with van der Waals surface area (Å²) in [6, 6.07) is 28.8. The van der Waals surface area contributed by atoms with Crippen LogP contribution in [-0.2, 0) is 0 Å². The molecule has 0 radical (unpaired) electrons. The average Bonchev–Trinajstić information content (AvgIpc) is 3.25. The Bertz CT molecular complexity index is 1120. The number of benzene rings is 3. The zero-order chi connectivity index (χ0) is 21.5. The van der Waals surface area contributed by atoms with Crippen molar-refractivity contribution >= 4 is 23.1 Å². The maximum absolute atomic E-state index is 11.3. The van der Waals surface area contributed by atoms with Crippen molar-refractivity contribution < 1.29 is 9.90 Å². The van der Waals surface area contributed by atoms with E-state index in [1.807, 2.05) is 30.3 Å². The van der Waals surface area contributed by atoms with Gasteiger partial charge in [-0.05, 0) is 41.8 Å². The molecule has 0 fully saturated rings. The standard InChI is InChI=1S/C27H26N2O2/c30-27(31)29-20-17-25-23(13-7-15-26(25)29)14-8-18-28-19-16-24(21-9-3-1-4-10-21)22-11-5-2-6-12-22/h1-15,17,20,24,28H,16,18-19H2,(H,30,31). The maximum atomic E-state index is 11.3. The summed E-state index contributed by atoms with van der Waals surface area (Å²) >= 11 is 0. The SMILES string of the molecule is O=C(O)n1ccc2c(C=CCNCCC(c3ccccc3)c3ccccc3)cccc21. The van der Waals surface area contributed by atoms with E-state index in [9.17, 15) is 9.90 Å². The highest BCUT2D eigenvalue weighted by Crippen LogP contribution is 2.27. The third-order valence-corrected chi connectivity index (χ3v) is 5.55. The first kappa shape index (κ1) is 20.6. The van der Waals surface area contributed by atoms with Gasteiger partial charge >= 0.3 is 6.09 Å². The number of rotatable bonds is 8. The van der Waals surface area contributed by atoms with Gasteiger partial charge in [0.15, 0.2) is 0 Å². The van der Waals surface area contributed by atoms with Gasteiger partial charge in [-0.15, -0.1) is 0 Å². The van der Waals surface area contributed by atoms with Crippen molar-refractivity contribution in [3.05, 3.63) is 114 Å². The van der Waals surface area contributed by atoms with Crippen LogP contribution in [0.5, 0.6) is 0 Å². The van der Waals surface area contributed by atoms with E-state index in [-0.39, 0.29) is 0 Å². The lowest BCUT2D eigenvalue weighted by atomic mass is 9.88. The van der Waals surface area contributed by atoms with Gasteiger partial charge in [0.25, 0.3) is 0 Å². The molecule has 2 N–H and O–H groups in total. The molecule has 4 heteroatoms. The highest BCUT2D eigenvalue weighted by molar-refractivity contribution is 5.94. The smallest absolute Gasteiger partial charge is 0.415 e. The molecule has 0 aliphatic rings. The van der Waals surface area contributed by atoms with Crippen molar-refractivity contribution in [2.24, 2.45) is 0 Å². The number of hydrogen-bond donors (Lipinski definition) is 2. The predicted octanol–water partition coefficient (Wildman–Crippen LogP) is 5.99. The van der Waals surface area contributed by atoms with Crippen LogP contribution >= 0.6 is 0 Å². The molecule has 4 nitrogen and oxygen atoms in total. The molecule has 3 aromatic carbocycles. The van der Waals surface area contributed by atoms with Gasteiger partial charge in [0.05, 0.1) is 5.52 Å². The fourth-order valence-electron chi connectivity index (χ4n) is 4.02. The molecule has 0 saturated carbocycles. The van der Waals surface area contributed by atoms with Crippen molar-refractivity contribution in [3.63, 3.8) is 0 Å². The molecule has 0 aliphatic carbocycles. The number of hydrogen-bond acceptors (Lipinski definition) is 2. The Hall–Kier alpha value is -3.63. The van der Waals surface area contributed by atoms with Crippen LogP contribution in [0.1, 0.15) is 29.0 Å². The van der Waals surface area contributed by atoms with Gasteiger partial charge in [-0.2, -0.15) is 0 Å². The van der Waals surface area contributed by atoms with Crippen LogP contribution in [-0.4, -0.2) is 28.9 Å². The summed E-state index contributed by atoms with van der Waals surface area (Å²) in [4.78, 5) is 11.3. The Morgan fingerprint density at radius 3 is 2.23 bits per heavy atom. The summed E-state index contributed by atoms with van der Waals surface area (Å²) in [7, 11) is 0. The third-order valence-electron chi connectivity index (χ3n) is 5.55. The van der Waals surface area contributed by atoms with E-state index in [0.717, 1.165) is 30.5 Å². The highest BCUT2D eigenvalue weighted by Gasteiger charge is 2.13. The number of nitrogens with zero attached hydrogens (tertiary/aromatic N) is 1. The molecule has 0 unspecified atom stereocenters. The molecule has 156 valence electrons. The molecular formula is C27H26N2O2. The quantitative estimate of drug-likeness (QED) is 0.351. The lowest BCUT2D eigenvalue weighted by molar-refractivity contribution is 0.197. The minimum absolute atomic E-state index is 0.364. The number of nitrogens with one attached hydrogen (secondary N) is 1. The minimum atomic E-state index is -0.968. The Kier molecular flexibility index (Phi) is 6.60. The van der Waals surface area contributed by atoms with Gasteiger partial charge in [0.2, 0.25) is 0 Å². The Balaban J connectivity index is 1.37. The van der Waals surface area contributed by atoms with E-state index >= 15 is 0 Å². The average molecular weight is 411 g/mol. The van der Waals surface area contributed by atoms with Gasteiger partial charge in [-0.3, -0.25) is 4.57 Å².